The van der Waals surface area contributed by atoms with E-state index < -0.39 is 22.2 Å². The Balaban J connectivity index is 1.58. The van der Waals surface area contributed by atoms with Crippen molar-refractivity contribution in [1.29, 1.82) is 0 Å². The Morgan fingerprint density at radius 2 is 1.82 bits per heavy atom. The summed E-state index contributed by atoms with van der Waals surface area (Å²) in [5, 5.41) is 0. The van der Waals surface area contributed by atoms with Gasteiger partial charge in [0.1, 0.15) is 12.4 Å². The largest absolute Gasteiger partial charge is 0.341 e. The average molecular weight is 538 g/mol. The molecule has 7 N–H and O–H groups in total. The molecule has 1 atom stereocenters. The van der Waals surface area contributed by atoms with E-state index in [0.29, 0.717) is 36.8 Å². The third-order valence-corrected chi connectivity index (χ3v) is 8.39. The Hall–Kier alpha value is -3.22. The SMILES string of the molecule is NCCC1CCN(C(=O)[C@H](Cc2ccc(C(N)N)cc2)NS(=O)(=O)c2cccc(-c3ccncn3)c2)CC1. The van der Waals surface area contributed by atoms with Crippen molar-refractivity contribution in [2.75, 3.05) is 19.6 Å². The van der Waals surface area contributed by atoms with Gasteiger partial charge in [-0.2, -0.15) is 4.72 Å². The zero-order valence-corrected chi connectivity index (χ0v) is 22.1. The molecule has 1 aliphatic rings. The molecule has 10 nitrogen and oxygen atoms in total. The predicted octanol–water partition coefficient (Wildman–Crippen LogP) is 1.54. The van der Waals surface area contributed by atoms with Gasteiger partial charge in [0.2, 0.25) is 15.9 Å². The zero-order chi connectivity index (χ0) is 27.1. The van der Waals surface area contributed by atoms with Crippen molar-refractivity contribution >= 4 is 15.9 Å². The fourth-order valence-electron chi connectivity index (χ4n) is 4.73. The van der Waals surface area contributed by atoms with Gasteiger partial charge < -0.3 is 22.1 Å². The molecule has 2 heterocycles. The van der Waals surface area contributed by atoms with Crippen molar-refractivity contribution in [3.8, 4) is 11.3 Å². The standard InChI is InChI=1S/C27H35N7O3S/c28-12-8-19-10-14-34(15-11-19)27(35)25(16-20-4-6-21(7-5-20)26(29)30)33-38(36,37)23-3-1-2-22(17-23)24-9-13-31-18-32-24/h1-7,9,13,17-19,25-26,33H,8,10-12,14-16,28-30H2/t25-/m0/s1. The number of carbonyl (C=O) groups is 1. The van der Waals surface area contributed by atoms with Gasteiger partial charge in [0, 0.05) is 24.8 Å². The summed E-state index contributed by atoms with van der Waals surface area (Å²) < 4.78 is 29.7. The van der Waals surface area contributed by atoms with Crippen LogP contribution in [0.25, 0.3) is 11.3 Å². The summed E-state index contributed by atoms with van der Waals surface area (Å²) in [6.07, 6.45) is 5.21. The molecule has 3 aromatic rings. The van der Waals surface area contributed by atoms with Crippen LogP contribution in [0.5, 0.6) is 0 Å². The lowest BCUT2D eigenvalue weighted by molar-refractivity contribution is -0.134. The number of amides is 1. The van der Waals surface area contributed by atoms with Gasteiger partial charge in [-0.1, -0.05) is 36.4 Å². The van der Waals surface area contributed by atoms with E-state index in [2.05, 4.69) is 14.7 Å². The van der Waals surface area contributed by atoms with E-state index in [0.717, 1.165) is 30.4 Å². The second kappa shape index (κ2) is 12.5. The predicted molar refractivity (Wildman–Crippen MR) is 146 cm³/mol. The second-order valence-corrected chi connectivity index (χ2v) is 11.3. The monoisotopic (exact) mass is 537 g/mol. The minimum atomic E-state index is -4.03. The third kappa shape index (κ3) is 7.00. The van der Waals surface area contributed by atoms with Crippen molar-refractivity contribution in [3.05, 3.63) is 78.2 Å². The van der Waals surface area contributed by atoms with Gasteiger partial charge in [-0.3, -0.25) is 4.79 Å². The molecule has 1 aromatic heterocycles. The number of carbonyl (C=O) groups excluding carboxylic acids is 1. The maximum atomic E-state index is 13.7. The molecular formula is C27H35N7O3S. The van der Waals surface area contributed by atoms with E-state index >= 15 is 0 Å². The van der Waals surface area contributed by atoms with Gasteiger partial charge >= 0.3 is 0 Å². The number of sulfonamides is 1. The number of nitrogens with zero attached hydrogens (tertiary/aromatic N) is 3. The Labute approximate surface area is 223 Å². The topological polar surface area (TPSA) is 170 Å². The van der Waals surface area contributed by atoms with Crippen LogP contribution in [0.3, 0.4) is 0 Å². The van der Waals surface area contributed by atoms with E-state index in [4.69, 9.17) is 17.2 Å². The second-order valence-electron chi connectivity index (χ2n) is 9.61. The van der Waals surface area contributed by atoms with Crippen LogP contribution in [0.2, 0.25) is 0 Å². The molecule has 2 aromatic carbocycles. The summed E-state index contributed by atoms with van der Waals surface area (Å²) in [6, 6.07) is 14.4. The highest BCUT2D eigenvalue weighted by Crippen LogP contribution is 2.23. The number of hydrogen-bond acceptors (Lipinski definition) is 8. The number of aromatic nitrogens is 2. The maximum absolute atomic E-state index is 13.7. The number of piperidine rings is 1. The lowest BCUT2D eigenvalue weighted by Crippen LogP contribution is -2.51. The van der Waals surface area contributed by atoms with Crippen molar-refractivity contribution in [3.63, 3.8) is 0 Å². The summed E-state index contributed by atoms with van der Waals surface area (Å²) in [5.41, 5.74) is 20.0. The number of nitrogens with two attached hydrogens (primary N) is 3. The van der Waals surface area contributed by atoms with E-state index in [1.54, 1.807) is 47.5 Å². The van der Waals surface area contributed by atoms with E-state index in [1.807, 2.05) is 12.1 Å². The summed E-state index contributed by atoms with van der Waals surface area (Å²) in [4.78, 5) is 23.6. The van der Waals surface area contributed by atoms with E-state index in [1.165, 1.54) is 12.4 Å². The molecule has 0 unspecified atom stereocenters. The number of benzene rings is 2. The van der Waals surface area contributed by atoms with Crippen LogP contribution in [0.1, 0.15) is 36.6 Å². The lowest BCUT2D eigenvalue weighted by Gasteiger charge is -2.34. The highest BCUT2D eigenvalue weighted by molar-refractivity contribution is 7.89. The first-order valence-corrected chi connectivity index (χ1v) is 14.2. The van der Waals surface area contributed by atoms with Gasteiger partial charge in [0.25, 0.3) is 0 Å². The van der Waals surface area contributed by atoms with Crippen LogP contribution in [0, 0.1) is 5.92 Å². The molecule has 4 rings (SSSR count). The molecule has 0 radical (unpaired) electrons. The van der Waals surface area contributed by atoms with E-state index in [9.17, 15) is 13.2 Å². The minimum absolute atomic E-state index is 0.0533. The van der Waals surface area contributed by atoms with Crippen LogP contribution >= 0.6 is 0 Å². The van der Waals surface area contributed by atoms with E-state index in [-0.39, 0.29) is 17.2 Å². The molecule has 1 amide bonds. The molecule has 0 spiro atoms. The van der Waals surface area contributed by atoms with Crippen molar-refractivity contribution < 1.29 is 13.2 Å². The van der Waals surface area contributed by atoms with Gasteiger partial charge in [0.05, 0.1) is 16.8 Å². The number of likely N-dealkylation sites (tertiary alicyclic amines) is 1. The molecule has 202 valence electrons. The van der Waals surface area contributed by atoms with Crippen molar-refractivity contribution in [1.82, 2.24) is 19.6 Å². The molecule has 38 heavy (non-hydrogen) atoms. The Morgan fingerprint density at radius 1 is 1.08 bits per heavy atom. The number of rotatable bonds is 10. The average Bonchev–Trinajstić information content (AvgIpc) is 2.93. The third-order valence-electron chi connectivity index (χ3n) is 6.92. The molecule has 1 fully saturated rings. The summed E-state index contributed by atoms with van der Waals surface area (Å²) in [7, 11) is -4.03. The van der Waals surface area contributed by atoms with Crippen LogP contribution in [-0.2, 0) is 21.2 Å². The Bertz CT molecular complexity index is 1310. The number of nitrogens with one attached hydrogen (secondary N) is 1. The maximum Gasteiger partial charge on any atom is 0.241 e. The summed E-state index contributed by atoms with van der Waals surface area (Å²) in [5.74, 6) is 0.239. The highest BCUT2D eigenvalue weighted by Gasteiger charge is 2.32. The summed E-state index contributed by atoms with van der Waals surface area (Å²) in [6.45, 7) is 1.77. The zero-order valence-electron chi connectivity index (χ0n) is 21.2. The van der Waals surface area contributed by atoms with Gasteiger partial charge in [0.15, 0.2) is 0 Å². The normalized spacial score (nSPS) is 15.5. The Kier molecular flexibility index (Phi) is 9.18. The molecule has 1 aliphatic heterocycles. The first kappa shape index (κ1) is 27.8. The smallest absolute Gasteiger partial charge is 0.241 e. The lowest BCUT2D eigenvalue weighted by atomic mass is 9.93. The molecule has 0 saturated carbocycles. The Morgan fingerprint density at radius 3 is 2.45 bits per heavy atom. The fraction of sp³-hybridized carbons (Fsp3) is 0.370. The first-order chi connectivity index (χ1) is 18.3. The quantitative estimate of drug-likeness (QED) is 0.282. The molecule has 0 aliphatic carbocycles. The van der Waals surface area contributed by atoms with Crippen LogP contribution in [-0.4, -0.2) is 54.9 Å². The highest BCUT2D eigenvalue weighted by atomic mass is 32.2. The first-order valence-electron chi connectivity index (χ1n) is 12.7. The molecule has 0 bridgehead atoms. The molecule has 11 heteroatoms. The fourth-order valence-corrected chi connectivity index (χ4v) is 5.96. The van der Waals surface area contributed by atoms with Crippen molar-refractivity contribution in [2.24, 2.45) is 23.1 Å². The van der Waals surface area contributed by atoms with Crippen LogP contribution < -0.4 is 21.9 Å². The van der Waals surface area contributed by atoms with Crippen LogP contribution in [0.4, 0.5) is 0 Å². The van der Waals surface area contributed by atoms with Crippen LogP contribution in [0.15, 0.2) is 72.0 Å². The summed E-state index contributed by atoms with van der Waals surface area (Å²) >= 11 is 0. The minimum Gasteiger partial charge on any atom is -0.341 e. The number of hydrogen-bond donors (Lipinski definition) is 4. The van der Waals surface area contributed by atoms with Crippen molar-refractivity contribution in [2.45, 2.75) is 42.8 Å². The molecular weight excluding hydrogens is 502 g/mol. The van der Waals surface area contributed by atoms with Gasteiger partial charge in [-0.15, -0.1) is 0 Å². The van der Waals surface area contributed by atoms with Gasteiger partial charge in [-0.05, 0) is 67.5 Å². The van der Waals surface area contributed by atoms with Gasteiger partial charge in [-0.25, -0.2) is 18.4 Å². The molecule has 1 saturated heterocycles.